The number of piperazine rings is 1. The minimum absolute atomic E-state index is 0.140. The van der Waals surface area contributed by atoms with E-state index in [1.165, 1.54) is 0 Å². The molecule has 1 aromatic carbocycles. The van der Waals surface area contributed by atoms with E-state index < -0.39 is 5.60 Å². The van der Waals surface area contributed by atoms with E-state index in [9.17, 15) is 9.59 Å². The first kappa shape index (κ1) is 18.8. The fourth-order valence-electron chi connectivity index (χ4n) is 2.96. The molecule has 0 bridgehead atoms. The molecule has 0 radical (unpaired) electrons. The highest BCUT2D eigenvalue weighted by Gasteiger charge is 2.30. The maximum Gasteiger partial charge on any atom is 0.410 e. The Bertz CT molecular complexity index is 845. The lowest BCUT2D eigenvalue weighted by molar-refractivity contribution is 0.0137. The number of ether oxygens (including phenoxy) is 1. The van der Waals surface area contributed by atoms with Crippen molar-refractivity contribution in [3.8, 4) is 0 Å². The number of carbonyl (C=O) groups is 2. The Morgan fingerprint density at radius 3 is 2.35 bits per heavy atom. The van der Waals surface area contributed by atoms with Crippen LogP contribution in [0.15, 0.2) is 27.1 Å². The summed E-state index contributed by atoms with van der Waals surface area (Å²) in [6.07, 6.45) is -0.339. The summed E-state index contributed by atoms with van der Waals surface area (Å²) in [5, 5.41) is 0.926. The molecular weight excluding hydrogens is 400 g/mol. The molecule has 140 valence electrons. The molecule has 1 aliphatic rings. The number of fused-ring (bicyclic) bond motifs is 1. The van der Waals surface area contributed by atoms with E-state index in [0.717, 1.165) is 15.4 Å². The molecule has 0 spiro atoms. The van der Waals surface area contributed by atoms with Gasteiger partial charge in [-0.1, -0.05) is 15.9 Å². The van der Waals surface area contributed by atoms with E-state index in [-0.39, 0.29) is 12.0 Å². The highest BCUT2D eigenvalue weighted by molar-refractivity contribution is 9.10. The van der Waals surface area contributed by atoms with Gasteiger partial charge in [-0.3, -0.25) is 4.79 Å². The van der Waals surface area contributed by atoms with Crippen LogP contribution >= 0.6 is 15.9 Å². The Balaban J connectivity index is 1.69. The number of furan rings is 1. The van der Waals surface area contributed by atoms with Crippen molar-refractivity contribution in [3.05, 3.63) is 34.0 Å². The minimum atomic E-state index is -0.524. The Morgan fingerprint density at radius 2 is 1.73 bits per heavy atom. The smallest absolute Gasteiger partial charge is 0.410 e. The normalized spacial score (nSPS) is 15.4. The van der Waals surface area contributed by atoms with E-state index >= 15 is 0 Å². The third-order valence-corrected chi connectivity index (χ3v) is 4.80. The number of hydrogen-bond acceptors (Lipinski definition) is 4. The second kappa shape index (κ2) is 6.95. The van der Waals surface area contributed by atoms with Crippen LogP contribution in [0.2, 0.25) is 0 Å². The van der Waals surface area contributed by atoms with Gasteiger partial charge in [-0.15, -0.1) is 0 Å². The number of benzene rings is 1. The molecule has 0 saturated carbocycles. The molecule has 0 unspecified atom stereocenters. The molecule has 3 rings (SSSR count). The molecular formula is C19H23BrN2O4. The van der Waals surface area contributed by atoms with Crippen molar-refractivity contribution >= 4 is 38.9 Å². The Morgan fingerprint density at radius 1 is 1.12 bits per heavy atom. The predicted octanol–water partition coefficient (Wildman–Crippen LogP) is 4.20. The van der Waals surface area contributed by atoms with E-state index in [1.54, 1.807) is 9.80 Å². The molecule has 1 fully saturated rings. The zero-order chi connectivity index (χ0) is 19.1. The van der Waals surface area contributed by atoms with E-state index in [0.29, 0.717) is 37.5 Å². The lowest BCUT2D eigenvalue weighted by Crippen LogP contribution is -2.51. The average Bonchev–Trinajstić information content (AvgIpc) is 2.89. The van der Waals surface area contributed by atoms with Crippen LogP contribution in [0.5, 0.6) is 0 Å². The number of nitrogens with zero attached hydrogens (tertiary/aromatic N) is 2. The minimum Gasteiger partial charge on any atom is -0.451 e. The van der Waals surface area contributed by atoms with Crippen LogP contribution in [-0.2, 0) is 4.74 Å². The topological polar surface area (TPSA) is 63.0 Å². The van der Waals surface area contributed by atoms with Gasteiger partial charge in [0.1, 0.15) is 11.2 Å². The Hall–Kier alpha value is -2.02. The largest absolute Gasteiger partial charge is 0.451 e. The van der Waals surface area contributed by atoms with Crippen LogP contribution in [0.3, 0.4) is 0 Å². The fraction of sp³-hybridized carbons (Fsp3) is 0.474. The molecule has 2 amide bonds. The molecule has 7 heteroatoms. The number of halogens is 1. The maximum absolute atomic E-state index is 12.9. The van der Waals surface area contributed by atoms with Gasteiger partial charge in [-0.05, 0) is 45.9 Å². The van der Waals surface area contributed by atoms with Crippen LogP contribution in [0.25, 0.3) is 11.0 Å². The molecule has 2 aromatic rings. The van der Waals surface area contributed by atoms with Gasteiger partial charge < -0.3 is 19.0 Å². The number of hydrogen-bond donors (Lipinski definition) is 0. The van der Waals surface area contributed by atoms with Crippen molar-refractivity contribution in [2.75, 3.05) is 26.2 Å². The zero-order valence-electron chi connectivity index (χ0n) is 15.5. The van der Waals surface area contributed by atoms with Gasteiger partial charge in [0.15, 0.2) is 5.76 Å². The van der Waals surface area contributed by atoms with E-state index in [4.69, 9.17) is 9.15 Å². The summed E-state index contributed by atoms with van der Waals surface area (Å²) in [5.74, 6) is 0.225. The predicted molar refractivity (Wildman–Crippen MR) is 102 cm³/mol. The number of rotatable bonds is 1. The number of aryl methyl sites for hydroxylation is 1. The third-order valence-electron chi connectivity index (χ3n) is 4.31. The Labute approximate surface area is 161 Å². The first-order valence-electron chi connectivity index (χ1n) is 8.61. The molecule has 6 nitrogen and oxygen atoms in total. The average molecular weight is 423 g/mol. The van der Waals surface area contributed by atoms with Crippen LogP contribution in [0, 0.1) is 6.92 Å². The summed E-state index contributed by atoms with van der Waals surface area (Å²) in [6.45, 7) is 9.23. The summed E-state index contributed by atoms with van der Waals surface area (Å²) in [4.78, 5) is 28.4. The quantitative estimate of drug-likeness (QED) is 0.690. The maximum atomic E-state index is 12.9. The molecule has 26 heavy (non-hydrogen) atoms. The third kappa shape index (κ3) is 3.87. The summed E-state index contributed by atoms with van der Waals surface area (Å²) in [7, 11) is 0. The standard InChI is InChI=1S/C19H23BrN2O4/c1-12-14-11-13(20)5-6-15(14)25-16(12)17(23)21-7-9-22(10-8-21)18(24)26-19(2,3)4/h5-6,11H,7-10H2,1-4H3. The van der Waals surface area contributed by atoms with Gasteiger partial charge in [-0.2, -0.15) is 0 Å². The van der Waals surface area contributed by atoms with Gasteiger partial charge >= 0.3 is 6.09 Å². The van der Waals surface area contributed by atoms with Crippen molar-refractivity contribution in [1.82, 2.24) is 9.80 Å². The molecule has 1 aliphatic heterocycles. The highest BCUT2D eigenvalue weighted by Crippen LogP contribution is 2.29. The summed E-state index contributed by atoms with van der Waals surface area (Å²) in [6, 6.07) is 5.69. The van der Waals surface area contributed by atoms with Crippen LogP contribution in [0.4, 0.5) is 4.79 Å². The van der Waals surface area contributed by atoms with Crippen LogP contribution in [-0.4, -0.2) is 53.6 Å². The fourth-order valence-corrected chi connectivity index (χ4v) is 3.32. The van der Waals surface area contributed by atoms with Crippen molar-refractivity contribution < 1.29 is 18.7 Å². The van der Waals surface area contributed by atoms with Gasteiger partial charge in [-0.25, -0.2) is 4.79 Å². The number of amides is 2. The van der Waals surface area contributed by atoms with Gasteiger partial charge in [0, 0.05) is 41.6 Å². The van der Waals surface area contributed by atoms with Crippen molar-refractivity contribution in [3.63, 3.8) is 0 Å². The summed E-state index contributed by atoms with van der Waals surface area (Å²) < 4.78 is 12.1. The number of carbonyl (C=O) groups excluding carboxylic acids is 2. The summed E-state index contributed by atoms with van der Waals surface area (Å²) in [5.41, 5.74) is 1.01. The van der Waals surface area contributed by atoms with Crippen molar-refractivity contribution in [2.24, 2.45) is 0 Å². The van der Waals surface area contributed by atoms with Crippen LogP contribution < -0.4 is 0 Å². The lowest BCUT2D eigenvalue weighted by Gasteiger charge is -2.35. The molecule has 0 N–H and O–H groups in total. The van der Waals surface area contributed by atoms with Gasteiger partial charge in [0.25, 0.3) is 5.91 Å². The van der Waals surface area contributed by atoms with Crippen LogP contribution in [0.1, 0.15) is 36.9 Å². The molecule has 2 heterocycles. The first-order valence-corrected chi connectivity index (χ1v) is 9.41. The second-order valence-corrected chi connectivity index (χ2v) is 8.37. The lowest BCUT2D eigenvalue weighted by atomic mass is 10.1. The van der Waals surface area contributed by atoms with Gasteiger partial charge in [0.05, 0.1) is 0 Å². The van der Waals surface area contributed by atoms with Crippen molar-refractivity contribution in [2.45, 2.75) is 33.3 Å². The van der Waals surface area contributed by atoms with Gasteiger partial charge in [0.2, 0.25) is 0 Å². The Kier molecular flexibility index (Phi) is 5.01. The van der Waals surface area contributed by atoms with E-state index in [1.807, 2.05) is 45.9 Å². The first-order chi connectivity index (χ1) is 12.2. The monoisotopic (exact) mass is 422 g/mol. The molecule has 0 atom stereocenters. The molecule has 1 saturated heterocycles. The molecule has 1 aromatic heterocycles. The van der Waals surface area contributed by atoms with E-state index in [2.05, 4.69) is 15.9 Å². The molecule has 0 aliphatic carbocycles. The second-order valence-electron chi connectivity index (χ2n) is 7.46. The summed E-state index contributed by atoms with van der Waals surface area (Å²) >= 11 is 3.44. The highest BCUT2D eigenvalue weighted by atomic mass is 79.9. The zero-order valence-corrected chi connectivity index (χ0v) is 17.1. The SMILES string of the molecule is Cc1c(C(=O)N2CCN(C(=O)OC(C)(C)C)CC2)oc2ccc(Br)cc12. The van der Waals surface area contributed by atoms with Crippen molar-refractivity contribution in [1.29, 1.82) is 0 Å².